The van der Waals surface area contributed by atoms with Crippen molar-refractivity contribution >= 4 is 11.5 Å². The van der Waals surface area contributed by atoms with E-state index in [-0.39, 0.29) is 11.8 Å². The third-order valence-electron chi connectivity index (χ3n) is 4.70. The van der Waals surface area contributed by atoms with Gasteiger partial charge in [-0.2, -0.15) is 0 Å². The van der Waals surface area contributed by atoms with Crippen LogP contribution in [-0.2, 0) is 19.3 Å². The quantitative estimate of drug-likeness (QED) is 0.717. The Bertz CT molecular complexity index is 875. The van der Waals surface area contributed by atoms with E-state index in [2.05, 4.69) is 34.6 Å². The lowest BCUT2D eigenvalue weighted by molar-refractivity contribution is 0.0971. The fourth-order valence-corrected chi connectivity index (χ4v) is 3.33. The highest BCUT2D eigenvalue weighted by Crippen LogP contribution is 2.29. The van der Waals surface area contributed by atoms with Crippen molar-refractivity contribution in [2.45, 2.75) is 25.3 Å². The molecule has 0 fully saturated rings. The maximum atomic E-state index is 12.6. The number of benzene rings is 2. The summed E-state index contributed by atoms with van der Waals surface area (Å²) in [5, 5.41) is 3.41. The minimum atomic E-state index is -0.163. The Morgan fingerprint density at radius 2 is 1.84 bits per heavy atom. The Balaban J connectivity index is 1.44. The predicted molar refractivity (Wildman–Crippen MR) is 100.0 cm³/mol. The first-order valence-electron chi connectivity index (χ1n) is 8.67. The molecule has 1 N–H and O–H groups in total. The molecule has 0 saturated heterocycles. The van der Waals surface area contributed by atoms with Crippen molar-refractivity contribution in [3.05, 3.63) is 95.3 Å². The molecule has 0 aliphatic carbocycles. The van der Waals surface area contributed by atoms with E-state index in [1.807, 2.05) is 48.7 Å². The van der Waals surface area contributed by atoms with Gasteiger partial charge in [-0.3, -0.25) is 9.78 Å². The Hall–Kier alpha value is -2.94. The van der Waals surface area contributed by atoms with Gasteiger partial charge in [0.2, 0.25) is 0 Å². The first-order valence-corrected chi connectivity index (χ1v) is 8.67. The zero-order valence-electron chi connectivity index (χ0n) is 14.0. The van der Waals surface area contributed by atoms with E-state index in [0.29, 0.717) is 0 Å². The normalized spacial score (nSPS) is 15.4. The van der Waals surface area contributed by atoms with Crippen molar-refractivity contribution in [3.8, 4) is 0 Å². The van der Waals surface area contributed by atoms with Crippen LogP contribution in [0.5, 0.6) is 0 Å². The summed E-state index contributed by atoms with van der Waals surface area (Å²) in [4.78, 5) is 17.0. The number of nitrogens with one attached hydrogen (secondary N) is 1. The molecule has 1 atom stereocenters. The van der Waals surface area contributed by atoms with Crippen molar-refractivity contribution in [1.82, 2.24) is 4.98 Å². The van der Waals surface area contributed by atoms with Gasteiger partial charge in [0.15, 0.2) is 5.78 Å². The second-order valence-electron chi connectivity index (χ2n) is 6.44. The maximum absolute atomic E-state index is 12.6. The van der Waals surface area contributed by atoms with Crippen molar-refractivity contribution < 1.29 is 4.79 Å². The van der Waals surface area contributed by atoms with E-state index in [4.69, 9.17) is 0 Å². The molecule has 1 aromatic heterocycles. The molecule has 1 aliphatic rings. The number of rotatable bonds is 5. The molecule has 2 aromatic carbocycles. The number of fused-ring (bicyclic) bond motifs is 1. The number of anilines is 1. The van der Waals surface area contributed by atoms with Gasteiger partial charge in [0.25, 0.3) is 0 Å². The summed E-state index contributed by atoms with van der Waals surface area (Å²) in [6.07, 6.45) is 4.46. The summed E-state index contributed by atoms with van der Waals surface area (Å²) in [6.45, 7) is 0. The van der Waals surface area contributed by atoms with Crippen molar-refractivity contribution in [2.75, 3.05) is 5.32 Å². The molecule has 3 heteroatoms. The number of Topliss-reactive ketones (excluding diaryl/α,β-unsaturated/α-hetero) is 1. The first kappa shape index (κ1) is 15.6. The minimum Gasteiger partial charge on any atom is -0.374 e. The molecule has 0 saturated carbocycles. The van der Waals surface area contributed by atoms with Crippen molar-refractivity contribution in [3.63, 3.8) is 0 Å². The number of hydrogen-bond donors (Lipinski definition) is 1. The minimum absolute atomic E-state index is 0.159. The van der Waals surface area contributed by atoms with Crippen LogP contribution in [0.2, 0.25) is 0 Å². The monoisotopic (exact) mass is 328 g/mol. The van der Waals surface area contributed by atoms with E-state index in [9.17, 15) is 4.79 Å². The van der Waals surface area contributed by atoms with Gasteiger partial charge < -0.3 is 5.32 Å². The molecule has 0 amide bonds. The fraction of sp³-hybridized carbons (Fsp3) is 0.182. The summed E-state index contributed by atoms with van der Waals surface area (Å²) < 4.78 is 0. The summed E-state index contributed by atoms with van der Waals surface area (Å²) in [7, 11) is 0. The zero-order chi connectivity index (χ0) is 17.1. The maximum Gasteiger partial charge on any atom is 0.185 e. The number of ketones is 1. The van der Waals surface area contributed by atoms with Crippen LogP contribution in [0.15, 0.2) is 72.9 Å². The number of carbonyl (C=O) groups excluding carboxylic acids is 1. The molecule has 0 bridgehead atoms. The highest BCUT2D eigenvalue weighted by Gasteiger charge is 2.27. The van der Waals surface area contributed by atoms with Crippen molar-refractivity contribution in [1.29, 1.82) is 0 Å². The molecular weight excluding hydrogens is 308 g/mol. The second kappa shape index (κ2) is 6.89. The topological polar surface area (TPSA) is 42.0 Å². The summed E-state index contributed by atoms with van der Waals surface area (Å²) >= 11 is 0. The molecular formula is C22H20N2O. The molecule has 25 heavy (non-hydrogen) atoms. The molecule has 4 rings (SSSR count). The number of carbonyl (C=O) groups is 1. The van der Waals surface area contributed by atoms with Gasteiger partial charge >= 0.3 is 0 Å². The molecule has 1 unspecified atom stereocenters. The van der Waals surface area contributed by atoms with Crippen LogP contribution in [0, 0.1) is 0 Å². The average molecular weight is 328 g/mol. The summed E-state index contributed by atoms with van der Waals surface area (Å²) in [5.74, 6) is 0.159. The molecule has 3 nitrogen and oxygen atoms in total. The van der Waals surface area contributed by atoms with Crippen LogP contribution in [0.1, 0.15) is 27.2 Å². The highest BCUT2D eigenvalue weighted by molar-refractivity contribution is 6.02. The Labute approximate surface area is 147 Å². The van der Waals surface area contributed by atoms with Gasteiger partial charge in [-0.1, -0.05) is 48.5 Å². The summed E-state index contributed by atoms with van der Waals surface area (Å²) in [5.41, 5.74) is 5.45. The standard InChI is InChI=1S/C22H20N2O/c25-22(17-6-2-1-3-7-17)21-15-18-11-9-16(14-20(18)24-21)10-12-19-8-4-5-13-23-19/h1-9,11,13-14,21,24H,10,12,15H2. The third-order valence-corrected chi connectivity index (χ3v) is 4.70. The fourth-order valence-electron chi connectivity index (χ4n) is 3.33. The smallest absolute Gasteiger partial charge is 0.185 e. The molecule has 2 heterocycles. The molecule has 0 spiro atoms. The first-order chi connectivity index (χ1) is 12.3. The van der Waals surface area contributed by atoms with Gasteiger partial charge in [-0.25, -0.2) is 0 Å². The van der Waals surface area contributed by atoms with Crippen LogP contribution in [0.25, 0.3) is 0 Å². The van der Waals surface area contributed by atoms with Crippen LogP contribution in [0.4, 0.5) is 5.69 Å². The van der Waals surface area contributed by atoms with Gasteiger partial charge in [-0.15, -0.1) is 0 Å². The lowest BCUT2D eigenvalue weighted by atomic mass is 10.00. The van der Waals surface area contributed by atoms with E-state index in [0.717, 1.165) is 36.2 Å². The van der Waals surface area contributed by atoms with Gasteiger partial charge in [0.05, 0.1) is 6.04 Å². The largest absolute Gasteiger partial charge is 0.374 e. The molecule has 1 aliphatic heterocycles. The SMILES string of the molecule is O=C(c1ccccc1)C1Cc2ccc(CCc3ccccn3)cc2N1. The number of aromatic nitrogens is 1. The number of hydrogen-bond acceptors (Lipinski definition) is 3. The second-order valence-corrected chi connectivity index (χ2v) is 6.44. The Morgan fingerprint density at radius 1 is 1.00 bits per heavy atom. The molecule has 3 aromatic rings. The number of pyridine rings is 1. The average Bonchev–Trinajstić information content (AvgIpc) is 3.10. The van der Waals surface area contributed by atoms with E-state index < -0.39 is 0 Å². The van der Waals surface area contributed by atoms with E-state index in [1.165, 1.54) is 11.1 Å². The van der Waals surface area contributed by atoms with Crippen molar-refractivity contribution in [2.24, 2.45) is 0 Å². The van der Waals surface area contributed by atoms with Gasteiger partial charge in [0, 0.05) is 29.6 Å². The lowest BCUT2D eigenvalue weighted by Crippen LogP contribution is -2.26. The molecule has 124 valence electrons. The number of aryl methyl sites for hydroxylation is 2. The van der Waals surface area contributed by atoms with Gasteiger partial charge in [-0.05, 0) is 42.2 Å². The van der Waals surface area contributed by atoms with Crippen LogP contribution >= 0.6 is 0 Å². The van der Waals surface area contributed by atoms with Crippen LogP contribution in [0.3, 0.4) is 0 Å². The summed E-state index contributed by atoms with van der Waals surface area (Å²) in [6, 6.07) is 21.8. The van der Waals surface area contributed by atoms with Gasteiger partial charge in [0.1, 0.15) is 0 Å². The predicted octanol–water partition coefficient (Wildman–Crippen LogP) is 4.09. The third kappa shape index (κ3) is 3.45. The highest BCUT2D eigenvalue weighted by atomic mass is 16.1. The van der Waals surface area contributed by atoms with E-state index >= 15 is 0 Å². The van der Waals surface area contributed by atoms with Crippen LogP contribution < -0.4 is 5.32 Å². The van der Waals surface area contributed by atoms with Crippen LogP contribution in [-0.4, -0.2) is 16.8 Å². The van der Waals surface area contributed by atoms with E-state index in [1.54, 1.807) is 0 Å². The Kier molecular flexibility index (Phi) is 4.30. The lowest BCUT2D eigenvalue weighted by Gasteiger charge is -2.10. The Morgan fingerprint density at radius 3 is 2.64 bits per heavy atom. The zero-order valence-corrected chi connectivity index (χ0v) is 14.0. The molecule has 0 radical (unpaired) electrons. The number of nitrogens with zero attached hydrogens (tertiary/aromatic N) is 1.